The molecular weight excluding hydrogens is 354 g/mol. The Morgan fingerprint density at radius 2 is 1.92 bits per heavy atom. The summed E-state index contributed by atoms with van der Waals surface area (Å²) >= 11 is 1.91. The van der Waals surface area contributed by atoms with Crippen molar-refractivity contribution in [1.29, 1.82) is 0 Å². The lowest BCUT2D eigenvalue weighted by molar-refractivity contribution is -0.136. The molecule has 2 amide bonds. The highest BCUT2D eigenvalue weighted by atomic mass is 32.2. The summed E-state index contributed by atoms with van der Waals surface area (Å²) in [5, 5.41) is 5.64. The van der Waals surface area contributed by atoms with Crippen molar-refractivity contribution in [2.24, 2.45) is 0 Å². The number of nitrogens with zero attached hydrogens (tertiary/aromatic N) is 1. The van der Waals surface area contributed by atoms with E-state index in [0.717, 1.165) is 30.2 Å². The van der Waals surface area contributed by atoms with Crippen molar-refractivity contribution in [3.05, 3.63) is 41.1 Å². The van der Waals surface area contributed by atoms with E-state index >= 15 is 0 Å². The van der Waals surface area contributed by atoms with Gasteiger partial charge in [-0.25, -0.2) is 9.59 Å². The molecule has 0 aromatic heterocycles. The third kappa shape index (κ3) is 4.13. The van der Waals surface area contributed by atoms with Gasteiger partial charge >= 0.3 is 12.0 Å². The topological polar surface area (TPSA) is 79.9 Å². The van der Waals surface area contributed by atoms with Crippen LogP contribution in [0, 0.1) is 0 Å². The van der Waals surface area contributed by atoms with Crippen LogP contribution in [0.1, 0.15) is 11.6 Å². The molecule has 1 fully saturated rings. The number of rotatable bonds is 5. The predicted molar refractivity (Wildman–Crippen MR) is 100 cm³/mol. The van der Waals surface area contributed by atoms with Crippen LogP contribution in [0.3, 0.4) is 0 Å². The minimum atomic E-state index is -0.559. The number of esters is 1. The maximum Gasteiger partial charge on any atom is 0.338 e. The molecule has 1 saturated heterocycles. The monoisotopic (exact) mass is 377 g/mol. The van der Waals surface area contributed by atoms with Gasteiger partial charge in [0.25, 0.3) is 0 Å². The largest absolute Gasteiger partial charge is 0.497 e. The van der Waals surface area contributed by atoms with Crippen LogP contribution in [0.2, 0.25) is 0 Å². The van der Waals surface area contributed by atoms with Crippen LogP contribution in [0.15, 0.2) is 35.5 Å². The minimum Gasteiger partial charge on any atom is -0.497 e. The second kappa shape index (κ2) is 8.46. The number of carbonyl (C=O) groups is 2. The lowest BCUT2D eigenvalue weighted by Gasteiger charge is -2.33. The van der Waals surface area contributed by atoms with Gasteiger partial charge in [0, 0.05) is 36.8 Å². The molecule has 0 radical (unpaired) electrons. The Kier molecular flexibility index (Phi) is 6.05. The van der Waals surface area contributed by atoms with Crippen molar-refractivity contribution in [2.45, 2.75) is 6.04 Å². The van der Waals surface area contributed by atoms with Crippen LogP contribution in [0.4, 0.5) is 4.79 Å². The van der Waals surface area contributed by atoms with Gasteiger partial charge in [0.2, 0.25) is 0 Å². The molecule has 0 saturated carbocycles. The fourth-order valence-electron chi connectivity index (χ4n) is 3.12. The fraction of sp³-hybridized carbons (Fsp3) is 0.444. The summed E-state index contributed by atoms with van der Waals surface area (Å²) in [7, 11) is 2.95. The predicted octanol–water partition coefficient (Wildman–Crippen LogP) is 1.52. The Balaban J connectivity index is 1.95. The summed E-state index contributed by atoms with van der Waals surface area (Å²) in [4.78, 5) is 27.0. The third-order valence-corrected chi connectivity index (χ3v) is 5.44. The number of amides is 2. The van der Waals surface area contributed by atoms with E-state index in [1.54, 1.807) is 19.2 Å². The molecule has 1 atom stereocenters. The zero-order valence-electron chi connectivity index (χ0n) is 14.9. The molecule has 7 nitrogen and oxygen atoms in total. The summed E-state index contributed by atoms with van der Waals surface area (Å²) in [6.45, 7) is 2.38. The molecule has 1 aromatic carbocycles. The van der Waals surface area contributed by atoms with Gasteiger partial charge < -0.3 is 20.1 Å². The average molecular weight is 377 g/mol. The molecule has 0 unspecified atom stereocenters. The lowest BCUT2D eigenvalue weighted by atomic mass is 9.95. The van der Waals surface area contributed by atoms with E-state index < -0.39 is 12.0 Å². The van der Waals surface area contributed by atoms with Crippen LogP contribution >= 0.6 is 11.8 Å². The summed E-state index contributed by atoms with van der Waals surface area (Å²) in [5.41, 5.74) is 1.84. The van der Waals surface area contributed by atoms with Gasteiger partial charge in [-0.05, 0) is 17.7 Å². The third-order valence-electron chi connectivity index (χ3n) is 4.49. The quantitative estimate of drug-likeness (QED) is 0.758. The molecule has 3 rings (SSSR count). The molecule has 2 aliphatic heterocycles. The molecule has 26 heavy (non-hydrogen) atoms. The van der Waals surface area contributed by atoms with E-state index in [9.17, 15) is 9.59 Å². The highest BCUT2D eigenvalue weighted by Crippen LogP contribution is 2.29. The normalized spacial score (nSPS) is 21.0. The molecule has 8 heteroatoms. The first-order valence-electron chi connectivity index (χ1n) is 8.45. The summed E-state index contributed by atoms with van der Waals surface area (Å²) in [6, 6.07) is 6.41. The van der Waals surface area contributed by atoms with Gasteiger partial charge in [0.15, 0.2) is 0 Å². The Hall–Kier alpha value is -2.19. The second-order valence-corrected chi connectivity index (χ2v) is 7.30. The van der Waals surface area contributed by atoms with Crippen LogP contribution in [-0.4, -0.2) is 62.3 Å². The highest BCUT2D eigenvalue weighted by molar-refractivity contribution is 7.99. The first kappa shape index (κ1) is 18.6. The molecule has 1 aromatic rings. The Morgan fingerprint density at radius 3 is 2.54 bits per heavy atom. The van der Waals surface area contributed by atoms with E-state index in [2.05, 4.69) is 15.5 Å². The molecule has 2 aliphatic rings. The van der Waals surface area contributed by atoms with E-state index in [4.69, 9.17) is 9.47 Å². The minimum absolute atomic E-state index is 0.320. The summed E-state index contributed by atoms with van der Waals surface area (Å²) in [6.07, 6.45) is 0. The Bertz CT molecular complexity index is 699. The number of methoxy groups -OCH3 is 2. The number of ether oxygens (including phenoxy) is 2. The first-order chi connectivity index (χ1) is 12.6. The number of hydrogen-bond donors (Lipinski definition) is 2. The van der Waals surface area contributed by atoms with E-state index in [0.29, 0.717) is 23.6 Å². The van der Waals surface area contributed by atoms with Gasteiger partial charge in [-0.2, -0.15) is 11.8 Å². The molecule has 2 N–H and O–H groups in total. The van der Waals surface area contributed by atoms with Crippen molar-refractivity contribution < 1.29 is 19.1 Å². The van der Waals surface area contributed by atoms with Gasteiger partial charge in [0.05, 0.1) is 25.8 Å². The van der Waals surface area contributed by atoms with Crippen LogP contribution in [0.25, 0.3) is 0 Å². The lowest BCUT2D eigenvalue weighted by Crippen LogP contribution is -2.49. The van der Waals surface area contributed by atoms with Crippen LogP contribution < -0.4 is 15.4 Å². The van der Waals surface area contributed by atoms with Crippen molar-refractivity contribution in [1.82, 2.24) is 15.5 Å². The number of urea groups is 1. The highest BCUT2D eigenvalue weighted by Gasteiger charge is 2.34. The van der Waals surface area contributed by atoms with Crippen molar-refractivity contribution in [3.8, 4) is 5.75 Å². The molecule has 0 aliphatic carbocycles. The zero-order chi connectivity index (χ0) is 18.5. The molecule has 140 valence electrons. The van der Waals surface area contributed by atoms with Gasteiger partial charge in [-0.15, -0.1) is 0 Å². The number of nitrogens with one attached hydrogen (secondary N) is 2. The Labute approximate surface area is 157 Å². The zero-order valence-corrected chi connectivity index (χ0v) is 15.7. The maximum atomic E-state index is 12.5. The molecule has 2 heterocycles. The van der Waals surface area contributed by atoms with Gasteiger partial charge in [0.1, 0.15) is 5.75 Å². The fourth-order valence-corrected chi connectivity index (χ4v) is 4.10. The van der Waals surface area contributed by atoms with Crippen molar-refractivity contribution >= 4 is 23.8 Å². The van der Waals surface area contributed by atoms with Gasteiger partial charge in [-0.3, -0.25) is 4.90 Å². The molecule has 0 bridgehead atoms. The maximum absolute atomic E-state index is 12.5. The molecule has 0 spiro atoms. The number of hydrogen-bond acceptors (Lipinski definition) is 6. The number of benzene rings is 1. The standard InChI is InChI=1S/C18H23N3O4S/c1-24-13-5-3-12(4-6-13)16-15(17(22)25-2)14(19-18(23)20-16)11-21-7-9-26-10-8-21/h3-6,16H,7-11H2,1-2H3,(H2,19,20,23)/t16-/m1/s1. The van der Waals surface area contributed by atoms with Gasteiger partial charge in [-0.1, -0.05) is 12.1 Å². The summed E-state index contributed by atoms with van der Waals surface area (Å²) < 4.78 is 10.2. The Morgan fingerprint density at radius 1 is 1.23 bits per heavy atom. The number of carbonyl (C=O) groups excluding carboxylic acids is 2. The van der Waals surface area contributed by atoms with E-state index in [1.165, 1.54) is 7.11 Å². The SMILES string of the molecule is COC(=O)C1=C(CN2CCSCC2)NC(=O)N[C@@H]1c1ccc(OC)cc1. The molecular formula is C18H23N3O4S. The average Bonchev–Trinajstić information content (AvgIpc) is 2.68. The van der Waals surface area contributed by atoms with Crippen molar-refractivity contribution in [3.63, 3.8) is 0 Å². The smallest absolute Gasteiger partial charge is 0.338 e. The summed E-state index contributed by atoms with van der Waals surface area (Å²) in [5.74, 6) is 2.37. The first-order valence-corrected chi connectivity index (χ1v) is 9.60. The van der Waals surface area contributed by atoms with E-state index in [1.807, 2.05) is 23.9 Å². The van der Waals surface area contributed by atoms with Crippen molar-refractivity contribution in [2.75, 3.05) is 45.4 Å². The van der Waals surface area contributed by atoms with Crippen LogP contribution in [-0.2, 0) is 9.53 Å². The van der Waals surface area contributed by atoms with E-state index in [-0.39, 0.29) is 6.03 Å². The van der Waals surface area contributed by atoms with Crippen LogP contribution in [0.5, 0.6) is 5.75 Å². The number of thioether (sulfide) groups is 1. The second-order valence-electron chi connectivity index (χ2n) is 6.08.